The van der Waals surface area contributed by atoms with Gasteiger partial charge in [-0.25, -0.2) is 0 Å². The quantitative estimate of drug-likeness (QED) is 0.559. The Hall–Kier alpha value is 1.12. The van der Waals surface area contributed by atoms with E-state index in [9.17, 15) is 4.79 Å². The Balaban J connectivity index is 3.69. The van der Waals surface area contributed by atoms with Gasteiger partial charge in [0.25, 0.3) is 0 Å². The molecule has 0 N–H and O–H groups in total. The van der Waals surface area contributed by atoms with Crippen LogP contribution in [0.3, 0.4) is 0 Å². The molecule has 6 heteroatoms. The van der Waals surface area contributed by atoms with Crippen molar-refractivity contribution in [1.29, 1.82) is 0 Å². The third-order valence-corrected chi connectivity index (χ3v) is 1.76. The summed E-state index contributed by atoms with van der Waals surface area (Å²) in [5.41, 5.74) is 0. The highest BCUT2D eigenvalue weighted by Gasteiger charge is 2.25. The monoisotopic (exact) mass is 256 g/mol. The van der Waals surface area contributed by atoms with Crippen LogP contribution in [0.2, 0.25) is 0 Å². The molecule has 0 bridgehead atoms. The molecule has 1 atom stereocenters. The second-order valence-corrected chi connectivity index (χ2v) is 5.53. The molecular formula is C5H5Cl5O. The van der Waals surface area contributed by atoms with E-state index < -0.39 is 14.4 Å². The SMILES string of the molecule is O=C(Cl)CC(Cl)CC(Cl)(Cl)Cl. The highest BCUT2D eigenvalue weighted by molar-refractivity contribution is 6.67. The van der Waals surface area contributed by atoms with Crippen LogP contribution < -0.4 is 0 Å². The fraction of sp³-hybridized carbons (Fsp3) is 0.800. The summed E-state index contributed by atoms with van der Waals surface area (Å²) >= 11 is 26.9. The second-order valence-electron chi connectivity index (χ2n) is 1.98. The summed E-state index contributed by atoms with van der Waals surface area (Å²) in [5, 5.41) is -1.05. The van der Waals surface area contributed by atoms with Crippen LogP contribution in [0.5, 0.6) is 0 Å². The Kier molecular flexibility index (Phi) is 5.49. The molecule has 0 aromatic heterocycles. The lowest BCUT2D eigenvalue weighted by atomic mass is 10.2. The molecular weight excluding hydrogens is 253 g/mol. The lowest BCUT2D eigenvalue weighted by Crippen LogP contribution is -2.13. The molecule has 0 radical (unpaired) electrons. The zero-order valence-electron chi connectivity index (χ0n) is 5.29. The van der Waals surface area contributed by atoms with Crippen molar-refractivity contribution in [2.75, 3.05) is 0 Å². The normalized spacial score (nSPS) is 14.6. The number of alkyl halides is 4. The van der Waals surface area contributed by atoms with Gasteiger partial charge in [0.1, 0.15) is 0 Å². The van der Waals surface area contributed by atoms with Gasteiger partial charge < -0.3 is 0 Å². The maximum Gasteiger partial charge on any atom is 0.223 e. The molecule has 1 unspecified atom stereocenters. The van der Waals surface area contributed by atoms with Crippen LogP contribution in [-0.2, 0) is 4.79 Å². The predicted molar refractivity (Wildman–Crippen MR) is 50.0 cm³/mol. The minimum Gasteiger partial charge on any atom is -0.281 e. The van der Waals surface area contributed by atoms with Crippen LogP contribution in [0.15, 0.2) is 0 Å². The summed E-state index contributed by atoms with van der Waals surface area (Å²) in [6, 6.07) is 0. The van der Waals surface area contributed by atoms with E-state index in [1.165, 1.54) is 0 Å². The Morgan fingerprint density at radius 3 is 2.09 bits per heavy atom. The largest absolute Gasteiger partial charge is 0.281 e. The molecule has 0 aliphatic rings. The molecule has 11 heavy (non-hydrogen) atoms. The minimum atomic E-state index is -1.42. The third-order valence-electron chi connectivity index (χ3n) is 0.835. The average molecular weight is 258 g/mol. The Labute approximate surface area is 89.9 Å². The van der Waals surface area contributed by atoms with Crippen molar-refractivity contribution in [3.8, 4) is 0 Å². The molecule has 0 aromatic carbocycles. The zero-order chi connectivity index (χ0) is 9.07. The van der Waals surface area contributed by atoms with Crippen molar-refractivity contribution in [2.24, 2.45) is 0 Å². The zero-order valence-corrected chi connectivity index (χ0v) is 9.07. The number of carbonyl (C=O) groups excluding carboxylic acids is 1. The van der Waals surface area contributed by atoms with Crippen molar-refractivity contribution < 1.29 is 4.79 Å². The van der Waals surface area contributed by atoms with Crippen LogP contribution in [0.25, 0.3) is 0 Å². The van der Waals surface area contributed by atoms with E-state index in [0.29, 0.717) is 0 Å². The average Bonchev–Trinajstić information content (AvgIpc) is 1.53. The van der Waals surface area contributed by atoms with Crippen LogP contribution >= 0.6 is 58.0 Å². The Morgan fingerprint density at radius 2 is 1.82 bits per heavy atom. The van der Waals surface area contributed by atoms with Crippen molar-refractivity contribution in [2.45, 2.75) is 22.0 Å². The summed E-state index contributed by atoms with van der Waals surface area (Å²) in [6.45, 7) is 0. The number of hydrogen-bond donors (Lipinski definition) is 0. The first-order valence-electron chi connectivity index (χ1n) is 2.70. The van der Waals surface area contributed by atoms with E-state index in [1.807, 2.05) is 0 Å². The summed E-state index contributed by atoms with van der Waals surface area (Å²) in [5.74, 6) is 0. The van der Waals surface area contributed by atoms with Crippen LogP contribution in [0.1, 0.15) is 12.8 Å². The van der Waals surface area contributed by atoms with Crippen LogP contribution in [0.4, 0.5) is 0 Å². The molecule has 0 saturated heterocycles. The maximum atomic E-state index is 10.3. The molecule has 0 amide bonds. The van der Waals surface area contributed by atoms with E-state index in [0.717, 1.165) is 0 Å². The van der Waals surface area contributed by atoms with Gasteiger partial charge in [0.05, 0.1) is 0 Å². The lowest BCUT2D eigenvalue weighted by Gasteiger charge is -2.13. The summed E-state index contributed by atoms with van der Waals surface area (Å²) < 4.78 is -1.42. The fourth-order valence-electron chi connectivity index (χ4n) is 0.497. The number of rotatable bonds is 3. The summed E-state index contributed by atoms with van der Waals surface area (Å²) in [4.78, 5) is 10.3. The highest BCUT2D eigenvalue weighted by Crippen LogP contribution is 2.33. The summed E-state index contributed by atoms with van der Waals surface area (Å²) in [7, 11) is 0. The van der Waals surface area contributed by atoms with Gasteiger partial charge in [0, 0.05) is 18.2 Å². The molecule has 0 saturated carbocycles. The predicted octanol–water partition coefficient (Wildman–Crippen LogP) is 3.51. The maximum absolute atomic E-state index is 10.3. The topological polar surface area (TPSA) is 17.1 Å². The van der Waals surface area contributed by atoms with Gasteiger partial charge in [0.2, 0.25) is 5.24 Å². The van der Waals surface area contributed by atoms with Crippen molar-refractivity contribution in [3.63, 3.8) is 0 Å². The van der Waals surface area contributed by atoms with Gasteiger partial charge in [-0.05, 0) is 11.6 Å². The van der Waals surface area contributed by atoms with Gasteiger partial charge in [-0.1, -0.05) is 34.8 Å². The van der Waals surface area contributed by atoms with Gasteiger partial charge in [-0.15, -0.1) is 11.6 Å². The molecule has 0 fully saturated rings. The van der Waals surface area contributed by atoms with E-state index >= 15 is 0 Å². The number of halogens is 5. The van der Waals surface area contributed by atoms with E-state index in [1.54, 1.807) is 0 Å². The molecule has 0 heterocycles. The van der Waals surface area contributed by atoms with E-state index in [2.05, 4.69) is 0 Å². The smallest absolute Gasteiger partial charge is 0.223 e. The minimum absolute atomic E-state index is 0.0109. The van der Waals surface area contributed by atoms with E-state index in [4.69, 9.17) is 58.0 Å². The second kappa shape index (κ2) is 4.98. The molecule has 0 rings (SSSR count). The highest BCUT2D eigenvalue weighted by atomic mass is 35.6. The lowest BCUT2D eigenvalue weighted by molar-refractivity contribution is -0.111. The third kappa shape index (κ3) is 9.03. The first kappa shape index (κ1) is 12.1. The van der Waals surface area contributed by atoms with Gasteiger partial charge in [0.15, 0.2) is 3.79 Å². The summed E-state index contributed by atoms with van der Waals surface area (Å²) in [6.07, 6.45) is 0.120. The standard InChI is InChI=1S/C5H5Cl5O/c6-3(1-4(7)11)2-5(8,9)10/h3H,1-2H2. The first-order valence-corrected chi connectivity index (χ1v) is 4.65. The Morgan fingerprint density at radius 1 is 1.36 bits per heavy atom. The molecule has 0 aliphatic carbocycles. The van der Waals surface area contributed by atoms with Crippen LogP contribution in [-0.4, -0.2) is 14.4 Å². The van der Waals surface area contributed by atoms with Crippen molar-refractivity contribution >= 4 is 63.2 Å². The van der Waals surface area contributed by atoms with Gasteiger partial charge >= 0.3 is 0 Å². The molecule has 66 valence electrons. The van der Waals surface area contributed by atoms with Gasteiger partial charge in [-0.3, -0.25) is 4.79 Å². The molecule has 0 aromatic rings. The molecule has 0 aliphatic heterocycles. The molecule has 1 nitrogen and oxygen atoms in total. The first-order chi connectivity index (χ1) is 4.81. The number of hydrogen-bond acceptors (Lipinski definition) is 1. The van der Waals surface area contributed by atoms with E-state index in [-0.39, 0.29) is 12.8 Å². The molecule has 0 spiro atoms. The number of carbonyl (C=O) groups is 1. The van der Waals surface area contributed by atoms with Crippen molar-refractivity contribution in [1.82, 2.24) is 0 Å². The van der Waals surface area contributed by atoms with Crippen molar-refractivity contribution in [3.05, 3.63) is 0 Å². The Bertz CT molecular complexity index is 140. The van der Waals surface area contributed by atoms with Gasteiger partial charge in [-0.2, -0.15) is 0 Å². The van der Waals surface area contributed by atoms with Crippen LogP contribution in [0, 0.1) is 0 Å². The fourth-order valence-corrected chi connectivity index (χ4v) is 1.93.